The summed E-state index contributed by atoms with van der Waals surface area (Å²) in [6, 6.07) is 10.7. The number of carbonyl (C=O) groups excluding carboxylic acids is 1. The molecule has 0 atom stereocenters. The zero-order valence-corrected chi connectivity index (χ0v) is 19.2. The number of nitrogens with one attached hydrogen (secondary N) is 1. The lowest BCUT2D eigenvalue weighted by Crippen LogP contribution is -2.43. The molecule has 1 N–H and O–H groups in total. The number of nitrogens with zero attached hydrogens (tertiary/aromatic N) is 3. The number of aromatic nitrogens is 1. The zero-order chi connectivity index (χ0) is 22.6. The van der Waals surface area contributed by atoms with Crippen molar-refractivity contribution >= 4 is 21.7 Å². The van der Waals surface area contributed by atoms with E-state index < -0.39 is 10.0 Å². The molecule has 2 aromatic rings. The second kappa shape index (κ2) is 9.97. The van der Waals surface area contributed by atoms with Gasteiger partial charge >= 0.3 is 0 Å². The highest BCUT2D eigenvalue weighted by Gasteiger charge is 2.32. The maximum absolute atomic E-state index is 12.9. The molecule has 9 heteroatoms. The van der Waals surface area contributed by atoms with Crippen molar-refractivity contribution in [3.8, 4) is 0 Å². The highest BCUT2D eigenvalue weighted by Crippen LogP contribution is 2.25. The molecule has 0 bridgehead atoms. The molecule has 8 nitrogen and oxygen atoms in total. The number of ether oxygens (including phenoxy) is 1. The van der Waals surface area contributed by atoms with Crippen molar-refractivity contribution in [2.24, 2.45) is 5.92 Å². The highest BCUT2D eigenvalue weighted by atomic mass is 32.2. The SMILES string of the molecule is Cc1ccc(S(=O)(=O)N2CCC(C(=O)NCc3cccnc3N3CCOCC3)CC2)cc1. The van der Waals surface area contributed by atoms with Crippen LogP contribution < -0.4 is 10.2 Å². The minimum atomic E-state index is -3.52. The molecule has 3 heterocycles. The number of benzene rings is 1. The molecule has 1 amide bonds. The van der Waals surface area contributed by atoms with Gasteiger partial charge in [-0.05, 0) is 38.0 Å². The Labute approximate surface area is 189 Å². The van der Waals surface area contributed by atoms with Crippen LogP contribution in [-0.2, 0) is 26.1 Å². The second-order valence-electron chi connectivity index (χ2n) is 8.29. The molecule has 1 aromatic heterocycles. The van der Waals surface area contributed by atoms with Gasteiger partial charge in [0.1, 0.15) is 5.82 Å². The first-order valence-electron chi connectivity index (χ1n) is 11.1. The minimum Gasteiger partial charge on any atom is -0.378 e. The van der Waals surface area contributed by atoms with Crippen LogP contribution in [0.15, 0.2) is 47.5 Å². The van der Waals surface area contributed by atoms with Crippen molar-refractivity contribution in [3.63, 3.8) is 0 Å². The summed E-state index contributed by atoms with van der Waals surface area (Å²) in [6.07, 6.45) is 2.79. The number of carbonyl (C=O) groups is 1. The van der Waals surface area contributed by atoms with Crippen LogP contribution in [0.5, 0.6) is 0 Å². The fraction of sp³-hybridized carbons (Fsp3) is 0.478. The van der Waals surface area contributed by atoms with Crippen LogP contribution in [0.1, 0.15) is 24.0 Å². The fourth-order valence-corrected chi connectivity index (χ4v) is 5.64. The monoisotopic (exact) mass is 458 g/mol. The predicted octanol–water partition coefficient (Wildman–Crippen LogP) is 1.94. The van der Waals surface area contributed by atoms with Gasteiger partial charge in [-0.1, -0.05) is 23.8 Å². The van der Waals surface area contributed by atoms with E-state index in [1.807, 2.05) is 19.1 Å². The van der Waals surface area contributed by atoms with Gasteiger partial charge in [0.05, 0.1) is 18.1 Å². The van der Waals surface area contributed by atoms with Gasteiger partial charge in [0.25, 0.3) is 0 Å². The number of morpholine rings is 1. The van der Waals surface area contributed by atoms with Gasteiger partial charge in [0, 0.05) is 50.4 Å². The van der Waals surface area contributed by atoms with Gasteiger partial charge < -0.3 is 15.0 Å². The predicted molar refractivity (Wildman–Crippen MR) is 122 cm³/mol. The zero-order valence-electron chi connectivity index (χ0n) is 18.4. The van der Waals surface area contributed by atoms with E-state index in [1.54, 1.807) is 30.5 Å². The minimum absolute atomic E-state index is 0.0332. The van der Waals surface area contributed by atoms with Crippen LogP contribution >= 0.6 is 0 Å². The topological polar surface area (TPSA) is 91.8 Å². The number of hydrogen-bond acceptors (Lipinski definition) is 6. The van der Waals surface area contributed by atoms with Crippen LogP contribution in [-0.4, -0.2) is 63.0 Å². The first-order valence-corrected chi connectivity index (χ1v) is 12.5. The number of amides is 1. The fourth-order valence-electron chi connectivity index (χ4n) is 4.17. The molecule has 4 rings (SSSR count). The van der Waals surface area contributed by atoms with E-state index in [-0.39, 0.29) is 11.8 Å². The number of pyridine rings is 1. The number of aryl methyl sites for hydroxylation is 1. The molecule has 1 aromatic carbocycles. The Balaban J connectivity index is 1.32. The summed E-state index contributed by atoms with van der Waals surface area (Å²) >= 11 is 0. The lowest BCUT2D eigenvalue weighted by molar-refractivity contribution is -0.126. The van der Waals surface area contributed by atoms with Crippen molar-refractivity contribution in [2.45, 2.75) is 31.2 Å². The maximum atomic E-state index is 12.9. The van der Waals surface area contributed by atoms with Crippen LogP contribution in [0.4, 0.5) is 5.82 Å². The van der Waals surface area contributed by atoms with Crippen molar-refractivity contribution in [3.05, 3.63) is 53.7 Å². The summed E-state index contributed by atoms with van der Waals surface area (Å²) in [4.78, 5) is 19.8. The van der Waals surface area contributed by atoms with E-state index in [1.165, 1.54) is 4.31 Å². The first kappa shape index (κ1) is 22.7. The Morgan fingerprint density at radius 2 is 1.78 bits per heavy atom. The molecule has 0 spiro atoms. The molecule has 172 valence electrons. The number of hydrogen-bond donors (Lipinski definition) is 1. The number of anilines is 1. The molecular weight excluding hydrogens is 428 g/mol. The quantitative estimate of drug-likeness (QED) is 0.711. The number of rotatable bonds is 6. The van der Waals surface area contributed by atoms with Crippen molar-refractivity contribution < 1.29 is 17.9 Å². The molecular formula is C23H30N4O4S. The first-order chi connectivity index (χ1) is 15.4. The van der Waals surface area contributed by atoms with Crippen LogP contribution in [0.2, 0.25) is 0 Å². The molecule has 32 heavy (non-hydrogen) atoms. The van der Waals surface area contributed by atoms with Gasteiger partial charge in [0.2, 0.25) is 15.9 Å². The van der Waals surface area contributed by atoms with Gasteiger partial charge in [-0.3, -0.25) is 4.79 Å². The summed E-state index contributed by atoms with van der Waals surface area (Å²) in [5.41, 5.74) is 1.99. The Bertz CT molecular complexity index is 1030. The Morgan fingerprint density at radius 1 is 1.09 bits per heavy atom. The summed E-state index contributed by atoms with van der Waals surface area (Å²) in [7, 11) is -3.52. The molecule has 2 saturated heterocycles. The number of piperidine rings is 1. The summed E-state index contributed by atoms with van der Waals surface area (Å²) < 4.78 is 32.7. The third kappa shape index (κ3) is 5.11. The van der Waals surface area contributed by atoms with Crippen LogP contribution in [0.3, 0.4) is 0 Å². The van der Waals surface area contributed by atoms with E-state index in [9.17, 15) is 13.2 Å². The average molecular weight is 459 g/mol. The molecule has 2 aliphatic rings. The summed E-state index contributed by atoms with van der Waals surface area (Å²) in [6.45, 7) is 5.94. The molecule has 0 radical (unpaired) electrons. The summed E-state index contributed by atoms with van der Waals surface area (Å²) in [5.74, 6) is 0.659. The third-order valence-electron chi connectivity index (χ3n) is 6.11. The van der Waals surface area contributed by atoms with Gasteiger partial charge in [0.15, 0.2) is 0 Å². The van der Waals surface area contributed by atoms with Gasteiger partial charge in [-0.2, -0.15) is 4.31 Å². The molecule has 2 aliphatic heterocycles. The standard InChI is InChI=1S/C23H30N4O4S/c1-18-4-6-21(7-5-18)32(29,30)27-11-8-19(9-12-27)23(28)25-17-20-3-2-10-24-22(20)26-13-15-31-16-14-26/h2-7,10,19H,8-9,11-17H2,1H3,(H,25,28). The van der Waals surface area contributed by atoms with Crippen molar-refractivity contribution in [1.29, 1.82) is 0 Å². The molecule has 0 saturated carbocycles. The molecule has 2 fully saturated rings. The highest BCUT2D eigenvalue weighted by molar-refractivity contribution is 7.89. The van der Waals surface area contributed by atoms with Gasteiger partial charge in [-0.25, -0.2) is 13.4 Å². The van der Waals surface area contributed by atoms with E-state index in [0.29, 0.717) is 50.6 Å². The van der Waals surface area contributed by atoms with E-state index in [0.717, 1.165) is 30.0 Å². The lowest BCUT2D eigenvalue weighted by atomic mass is 9.97. The van der Waals surface area contributed by atoms with Crippen LogP contribution in [0, 0.1) is 12.8 Å². The molecule has 0 unspecified atom stereocenters. The Morgan fingerprint density at radius 3 is 2.47 bits per heavy atom. The lowest BCUT2D eigenvalue weighted by Gasteiger charge is -2.31. The largest absolute Gasteiger partial charge is 0.378 e. The van der Waals surface area contributed by atoms with E-state index in [2.05, 4.69) is 15.2 Å². The molecule has 0 aliphatic carbocycles. The average Bonchev–Trinajstić information content (AvgIpc) is 2.83. The second-order valence-corrected chi connectivity index (χ2v) is 10.2. The third-order valence-corrected chi connectivity index (χ3v) is 8.03. The van der Waals surface area contributed by atoms with E-state index in [4.69, 9.17) is 4.74 Å². The van der Waals surface area contributed by atoms with Crippen molar-refractivity contribution in [1.82, 2.24) is 14.6 Å². The summed E-state index contributed by atoms with van der Waals surface area (Å²) in [5, 5.41) is 3.03. The van der Waals surface area contributed by atoms with Gasteiger partial charge in [-0.15, -0.1) is 0 Å². The maximum Gasteiger partial charge on any atom is 0.243 e. The smallest absolute Gasteiger partial charge is 0.243 e. The van der Waals surface area contributed by atoms with E-state index >= 15 is 0 Å². The van der Waals surface area contributed by atoms with Crippen molar-refractivity contribution in [2.75, 3.05) is 44.3 Å². The normalized spacial score (nSPS) is 18.5. The van der Waals surface area contributed by atoms with Crippen LogP contribution in [0.25, 0.3) is 0 Å². The number of sulfonamides is 1. The Kier molecular flexibility index (Phi) is 7.07. The Hall–Kier alpha value is -2.49.